The summed E-state index contributed by atoms with van der Waals surface area (Å²) in [7, 11) is 1.85. The third-order valence-corrected chi connectivity index (χ3v) is 5.11. The fraction of sp³-hybridized carbons (Fsp3) is 0.200. The molecule has 0 amide bonds. The SMILES string of the molecule is CNC(CSc1cccc(Br)c1)c1cccc(Br)c1F. The van der Waals surface area contributed by atoms with Crippen LogP contribution in [0.4, 0.5) is 4.39 Å². The molecule has 0 aliphatic carbocycles. The van der Waals surface area contributed by atoms with Crippen molar-refractivity contribution in [2.75, 3.05) is 12.8 Å². The van der Waals surface area contributed by atoms with Crippen molar-refractivity contribution in [2.24, 2.45) is 0 Å². The molecule has 20 heavy (non-hydrogen) atoms. The van der Waals surface area contributed by atoms with Gasteiger partial charge < -0.3 is 5.32 Å². The lowest BCUT2D eigenvalue weighted by atomic mass is 10.1. The third kappa shape index (κ3) is 4.07. The molecule has 0 saturated carbocycles. The molecule has 0 heterocycles. The first-order chi connectivity index (χ1) is 9.61. The van der Waals surface area contributed by atoms with Gasteiger partial charge >= 0.3 is 0 Å². The first-order valence-electron chi connectivity index (χ1n) is 6.11. The molecule has 2 aromatic rings. The Morgan fingerprint density at radius 2 is 1.95 bits per heavy atom. The highest BCUT2D eigenvalue weighted by Gasteiger charge is 2.16. The maximum absolute atomic E-state index is 14.1. The normalized spacial score (nSPS) is 12.4. The van der Waals surface area contributed by atoms with E-state index in [9.17, 15) is 4.39 Å². The molecule has 0 aliphatic rings. The predicted molar refractivity (Wildman–Crippen MR) is 90.8 cm³/mol. The summed E-state index contributed by atoms with van der Waals surface area (Å²) in [6.45, 7) is 0. The fourth-order valence-electron chi connectivity index (χ4n) is 1.85. The van der Waals surface area contributed by atoms with Crippen molar-refractivity contribution in [3.63, 3.8) is 0 Å². The number of hydrogen-bond donors (Lipinski definition) is 1. The summed E-state index contributed by atoms with van der Waals surface area (Å²) >= 11 is 8.39. The Morgan fingerprint density at radius 3 is 2.65 bits per heavy atom. The standard InChI is InChI=1S/C15H14Br2FNS/c1-19-14(12-6-3-7-13(17)15(12)18)9-20-11-5-2-4-10(16)8-11/h2-8,14,19H,9H2,1H3. The first kappa shape index (κ1) is 16.0. The highest BCUT2D eigenvalue weighted by atomic mass is 79.9. The number of nitrogens with one attached hydrogen (secondary N) is 1. The van der Waals surface area contributed by atoms with Crippen LogP contribution in [0.5, 0.6) is 0 Å². The third-order valence-electron chi connectivity index (χ3n) is 2.92. The van der Waals surface area contributed by atoms with Crippen LogP contribution in [0.15, 0.2) is 56.3 Å². The largest absolute Gasteiger partial charge is 0.312 e. The monoisotopic (exact) mass is 417 g/mol. The van der Waals surface area contributed by atoms with Gasteiger partial charge in [-0.3, -0.25) is 0 Å². The molecule has 0 radical (unpaired) electrons. The van der Waals surface area contributed by atoms with Crippen molar-refractivity contribution in [3.8, 4) is 0 Å². The Balaban J connectivity index is 2.11. The van der Waals surface area contributed by atoms with E-state index in [-0.39, 0.29) is 11.9 Å². The highest BCUT2D eigenvalue weighted by Crippen LogP contribution is 2.29. The van der Waals surface area contributed by atoms with Gasteiger partial charge in [-0.1, -0.05) is 34.1 Å². The lowest BCUT2D eigenvalue weighted by Crippen LogP contribution is -2.20. The molecule has 0 saturated heterocycles. The van der Waals surface area contributed by atoms with E-state index < -0.39 is 0 Å². The highest BCUT2D eigenvalue weighted by molar-refractivity contribution is 9.10. The zero-order chi connectivity index (χ0) is 14.5. The average Bonchev–Trinajstić information content (AvgIpc) is 2.44. The van der Waals surface area contributed by atoms with Gasteiger partial charge in [-0.25, -0.2) is 4.39 Å². The molecule has 1 unspecified atom stereocenters. The molecule has 5 heteroatoms. The second-order valence-electron chi connectivity index (χ2n) is 4.25. The van der Waals surface area contributed by atoms with Gasteiger partial charge in [-0.05, 0) is 47.2 Å². The Bertz CT molecular complexity index is 592. The quantitative estimate of drug-likeness (QED) is 0.652. The van der Waals surface area contributed by atoms with Crippen LogP contribution in [-0.4, -0.2) is 12.8 Å². The molecule has 2 aromatic carbocycles. The van der Waals surface area contributed by atoms with E-state index in [1.165, 1.54) is 0 Å². The van der Waals surface area contributed by atoms with E-state index in [0.717, 1.165) is 15.1 Å². The average molecular weight is 419 g/mol. The maximum atomic E-state index is 14.1. The zero-order valence-corrected chi connectivity index (χ0v) is 14.9. The predicted octanol–water partition coefficient (Wildman–Crippen LogP) is 5.40. The fourth-order valence-corrected chi connectivity index (χ4v) is 3.88. The first-order valence-corrected chi connectivity index (χ1v) is 8.68. The van der Waals surface area contributed by atoms with Gasteiger partial charge in [0.2, 0.25) is 0 Å². The van der Waals surface area contributed by atoms with Gasteiger partial charge in [-0.2, -0.15) is 0 Å². The summed E-state index contributed by atoms with van der Waals surface area (Å²) in [5.41, 5.74) is 0.685. The summed E-state index contributed by atoms with van der Waals surface area (Å²) < 4.78 is 15.7. The van der Waals surface area contributed by atoms with Crippen molar-refractivity contribution >= 4 is 43.6 Å². The molecular formula is C15H14Br2FNS. The maximum Gasteiger partial charge on any atom is 0.142 e. The minimum atomic E-state index is -0.193. The van der Waals surface area contributed by atoms with Crippen molar-refractivity contribution in [1.29, 1.82) is 0 Å². The van der Waals surface area contributed by atoms with Crippen LogP contribution in [-0.2, 0) is 0 Å². The molecule has 0 fully saturated rings. The van der Waals surface area contributed by atoms with Crippen LogP contribution in [0.2, 0.25) is 0 Å². The van der Waals surface area contributed by atoms with Crippen LogP contribution < -0.4 is 5.32 Å². The van der Waals surface area contributed by atoms with Crippen molar-refractivity contribution in [1.82, 2.24) is 5.32 Å². The number of halogens is 3. The second kappa shape index (κ2) is 7.59. The van der Waals surface area contributed by atoms with Crippen molar-refractivity contribution in [2.45, 2.75) is 10.9 Å². The van der Waals surface area contributed by atoms with Gasteiger partial charge in [0.25, 0.3) is 0 Å². The van der Waals surface area contributed by atoms with E-state index in [2.05, 4.69) is 49.3 Å². The molecule has 106 valence electrons. The topological polar surface area (TPSA) is 12.0 Å². The Morgan fingerprint density at radius 1 is 1.20 bits per heavy atom. The summed E-state index contributed by atoms with van der Waals surface area (Å²) in [5.74, 6) is 0.571. The number of thioether (sulfide) groups is 1. The zero-order valence-electron chi connectivity index (χ0n) is 10.9. The Labute approximate surface area is 139 Å². The van der Waals surface area contributed by atoms with E-state index in [1.807, 2.05) is 31.3 Å². The summed E-state index contributed by atoms with van der Waals surface area (Å²) in [6.07, 6.45) is 0. The van der Waals surface area contributed by atoms with Gasteiger partial charge in [0, 0.05) is 26.7 Å². The van der Waals surface area contributed by atoms with Crippen molar-refractivity contribution < 1.29 is 4.39 Å². The molecule has 0 spiro atoms. The van der Waals surface area contributed by atoms with Gasteiger partial charge in [0.05, 0.1) is 4.47 Å². The molecule has 0 aliphatic heterocycles. The summed E-state index contributed by atoms with van der Waals surface area (Å²) in [6, 6.07) is 13.5. The van der Waals surface area contributed by atoms with Crippen LogP contribution in [0.1, 0.15) is 11.6 Å². The molecule has 1 nitrogen and oxygen atoms in total. The molecule has 1 atom stereocenters. The smallest absolute Gasteiger partial charge is 0.142 e. The summed E-state index contributed by atoms with van der Waals surface area (Å²) in [5, 5.41) is 3.18. The van der Waals surface area contributed by atoms with Gasteiger partial charge in [0.15, 0.2) is 0 Å². The van der Waals surface area contributed by atoms with E-state index >= 15 is 0 Å². The van der Waals surface area contributed by atoms with Crippen LogP contribution in [0.25, 0.3) is 0 Å². The Hall–Kier alpha value is -0.360. The van der Waals surface area contributed by atoms with E-state index in [4.69, 9.17) is 0 Å². The molecule has 2 rings (SSSR count). The molecule has 0 bridgehead atoms. The van der Waals surface area contributed by atoms with Crippen LogP contribution in [0.3, 0.4) is 0 Å². The summed E-state index contributed by atoms with van der Waals surface area (Å²) in [4.78, 5) is 1.16. The lowest BCUT2D eigenvalue weighted by Gasteiger charge is -2.17. The van der Waals surface area contributed by atoms with E-state index in [0.29, 0.717) is 10.0 Å². The number of benzene rings is 2. The van der Waals surface area contributed by atoms with Gasteiger partial charge in [0.1, 0.15) is 5.82 Å². The number of hydrogen-bond acceptors (Lipinski definition) is 2. The minimum Gasteiger partial charge on any atom is -0.312 e. The number of rotatable bonds is 5. The van der Waals surface area contributed by atoms with Crippen LogP contribution in [0, 0.1) is 5.82 Å². The van der Waals surface area contributed by atoms with Crippen molar-refractivity contribution in [3.05, 3.63) is 62.8 Å². The van der Waals surface area contributed by atoms with E-state index in [1.54, 1.807) is 17.8 Å². The molecule has 1 N–H and O–H groups in total. The van der Waals surface area contributed by atoms with Crippen LogP contribution >= 0.6 is 43.6 Å². The Kier molecular flexibility index (Phi) is 6.08. The molecular weight excluding hydrogens is 405 g/mol. The van der Waals surface area contributed by atoms with Gasteiger partial charge in [-0.15, -0.1) is 11.8 Å². The minimum absolute atomic E-state index is 0.0310. The molecule has 0 aromatic heterocycles. The second-order valence-corrected chi connectivity index (χ2v) is 7.12. The lowest BCUT2D eigenvalue weighted by molar-refractivity contribution is 0.561.